The van der Waals surface area contributed by atoms with Gasteiger partial charge >= 0.3 is 5.97 Å². The molecule has 2 heterocycles. The summed E-state index contributed by atoms with van der Waals surface area (Å²) in [7, 11) is 0. The van der Waals surface area contributed by atoms with E-state index >= 15 is 0 Å². The van der Waals surface area contributed by atoms with E-state index in [1.54, 1.807) is 29.7 Å². The maximum Gasteiger partial charge on any atom is 0.335 e. The first-order chi connectivity index (χ1) is 13.7. The molecule has 0 saturated carbocycles. The predicted molar refractivity (Wildman–Crippen MR) is 111 cm³/mol. The second-order valence-electron chi connectivity index (χ2n) is 5.95. The number of carboxylic acid groups (broad SMARTS) is 1. The Hall–Kier alpha value is -3.71. The molecular weight excluding hydrogens is 372 g/mol. The molecular formula is C21H16N4O2S. The van der Waals surface area contributed by atoms with Crippen molar-refractivity contribution in [2.75, 3.05) is 5.43 Å². The van der Waals surface area contributed by atoms with Crippen LogP contribution in [0.15, 0.2) is 83.4 Å². The summed E-state index contributed by atoms with van der Waals surface area (Å²) in [5, 5.41) is 20.1. The number of rotatable bonds is 6. The highest BCUT2D eigenvalue weighted by Gasteiger charge is 2.12. The van der Waals surface area contributed by atoms with Crippen LogP contribution in [-0.4, -0.2) is 27.1 Å². The van der Waals surface area contributed by atoms with Crippen molar-refractivity contribution in [3.63, 3.8) is 0 Å². The Morgan fingerprint density at radius 2 is 1.96 bits per heavy atom. The van der Waals surface area contributed by atoms with Crippen molar-refractivity contribution in [2.45, 2.75) is 0 Å². The fourth-order valence-corrected chi connectivity index (χ4v) is 3.43. The summed E-state index contributed by atoms with van der Waals surface area (Å²) >= 11 is 1.61. The molecule has 28 heavy (non-hydrogen) atoms. The van der Waals surface area contributed by atoms with Crippen LogP contribution in [0, 0.1) is 0 Å². The minimum absolute atomic E-state index is 0.205. The summed E-state index contributed by atoms with van der Waals surface area (Å²) in [6.45, 7) is 0. The zero-order valence-corrected chi connectivity index (χ0v) is 15.5. The number of benzene rings is 2. The molecule has 0 bridgehead atoms. The molecule has 2 aromatic heterocycles. The maximum atomic E-state index is 11.1. The molecule has 0 amide bonds. The number of nitrogens with zero attached hydrogens (tertiary/aromatic N) is 3. The summed E-state index contributed by atoms with van der Waals surface area (Å²) in [4.78, 5) is 12.1. The van der Waals surface area contributed by atoms with E-state index in [4.69, 9.17) is 10.2 Å². The summed E-state index contributed by atoms with van der Waals surface area (Å²) in [5.41, 5.74) is 6.34. The molecule has 4 rings (SSSR count). The summed E-state index contributed by atoms with van der Waals surface area (Å²) in [5.74, 6) is -0.975. The fraction of sp³-hybridized carbons (Fsp3) is 0. The number of hydrazone groups is 1. The molecule has 7 heteroatoms. The SMILES string of the molecule is O=C(O)c1cccc(N/N=C/c2cn(-c3ccccc3)nc2-c2cccs2)c1. The average Bonchev–Trinajstić information content (AvgIpc) is 3.39. The minimum Gasteiger partial charge on any atom is -0.478 e. The van der Waals surface area contributed by atoms with Crippen LogP contribution in [0.4, 0.5) is 5.69 Å². The Kier molecular flexibility index (Phi) is 4.99. The first-order valence-corrected chi connectivity index (χ1v) is 9.40. The predicted octanol–water partition coefficient (Wildman–Crippen LogP) is 4.75. The molecule has 2 N–H and O–H groups in total. The smallest absolute Gasteiger partial charge is 0.335 e. The average molecular weight is 388 g/mol. The molecule has 0 fully saturated rings. The van der Waals surface area contributed by atoms with Crippen molar-refractivity contribution < 1.29 is 9.90 Å². The van der Waals surface area contributed by atoms with Gasteiger partial charge in [0.05, 0.1) is 28.0 Å². The molecule has 0 aliphatic heterocycles. The number of aromatic carboxylic acids is 1. The lowest BCUT2D eigenvalue weighted by molar-refractivity contribution is 0.0697. The van der Waals surface area contributed by atoms with Gasteiger partial charge in [0.25, 0.3) is 0 Å². The first-order valence-electron chi connectivity index (χ1n) is 8.52. The van der Waals surface area contributed by atoms with E-state index in [0.717, 1.165) is 21.8 Å². The van der Waals surface area contributed by atoms with E-state index in [0.29, 0.717) is 5.69 Å². The lowest BCUT2D eigenvalue weighted by Crippen LogP contribution is -1.97. The third kappa shape index (κ3) is 3.84. The molecule has 0 radical (unpaired) electrons. The second kappa shape index (κ2) is 7.89. The van der Waals surface area contributed by atoms with E-state index in [2.05, 4.69) is 10.5 Å². The van der Waals surface area contributed by atoms with E-state index in [1.807, 2.05) is 58.7 Å². The van der Waals surface area contributed by atoms with Gasteiger partial charge in [-0.15, -0.1) is 11.3 Å². The Morgan fingerprint density at radius 3 is 2.71 bits per heavy atom. The third-order valence-electron chi connectivity index (χ3n) is 4.02. The molecule has 0 saturated heterocycles. The van der Waals surface area contributed by atoms with Crippen LogP contribution in [-0.2, 0) is 0 Å². The van der Waals surface area contributed by atoms with Gasteiger partial charge in [0.1, 0.15) is 5.69 Å². The van der Waals surface area contributed by atoms with Crippen LogP contribution < -0.4 is 5.43 Å². The lowest BCUT2D eigenvalue weighted by Gasteiger charge is -2.01. The monoisotopic (exact) mass is 388 g/mol. The van der Waals surface area contributed by atoms with E-state index in [1.165, 1.54) is 12.1 Å². The number of hydrogen-bond donors (Lipinski definition) is 2. The number of hydrogen-bond acceptors (Lipinski definition) is 5. The number of para-hydroxylation sites is 1. The van der Waals surface area contributed by atoms with Crippen LogP contribution in [0.25, 0.3) is 16.3 Å². The van der Waals surface area contributed by atoms with Crippen LogP contribution in [0.2, 0.25) is 0 Å². The van der Waals surface area contributed by atoms with Gasteiger partial charge in [-0.05, 0) is 41.8 Å². The number of carbonyl (C=O) groups is 1. The number of thiophene rings is 1. The standard InChI is InChI=1S/C21H16N4O2S/c26-21(27)15-6-4-7-17(12-15)23-22-13-16-14-25(18-8-2-1-3-9-18)24-20(16)19-10-5-11-28-19/h1-14,23H,(H,26,27)/b22-13+. The Labute approximate surface area is 165 Å². The van der Waals surface area contributed by atoms with Crippen molar-refractivity contribution in [3.05, 3.63) is 89.4 Å². The Bertz CT molecular complexity index is 1120. The third-order valence-corrected chi connectivity index (χ3v) is 4.90. The van der Waals surface area contributed by atoms with Gasteiger partial charge in [0.15, 0.2) is 0 Å². The fourth-order valence-electron chi connectivity index (χ4n) is 2.70. The zero-order chi connectivity index (χ0) is 19.3. The number of aromatic nitrogens is 2. The molecule has 4 aromatic rings. The molecule has 0 aliphatic carbocycles. The van der Waals surface area contributed by atoms with Gasteiger partial charge < -0.3 is 5.11 Å². The minimum atomic E-state index is -0.975. The number of anilines is 1. The van der Waals surface area contributed by atoms with Gasteiger partial charge in [-0.25, -0.2) is 9.48 Å². The molecule has 2 aromatic carbocycles. The Balaban J connectivity index is 1.63. The van der Waals surface area contributed by atoms with Gasteiger partial charge in [-0.3, -0.25) is 5.43 Å². The molecule has 138 valence electrons. The normalized spacial score (nSPS) is 11.0. The van der Waals surface area contributed by atoms with Crippen molar-refractivity contribution in [3.8, 4) is 16.3 Å². The summed E-state index contributed by atoms with van der Waals surface area (Å²) < 4.78 is 1.82. The van der Waals surface area contributed by atoms with Crippen molar-refractivity contribution in [1.82, 2.24) is 9.78 Å². The largest absolute Gasteiger partial charge is 0.478 e. The van der Waals surface area contributed by atoms with Crippen molar-refractivity contribution in [1.29, 1.82) is 0 Å². The lowest BCUT2D eigenvalue weighted by atomic mass is 10.2. The highest BCUT2D eigenvalue weighted by Crippen LogP contribution is 2.27. The quantitative estimate of drug-likeness (QED) is 0.369. The molecule has 6 nitrogen and oxygen atoms in total. The summed E-state index contributed by atoms with van der Waals surface area (Å²) in [6.07, 6.45) is 3.61. The Morgan fingerprint density at radius 1 is 1.11 bits per heavy atom. The molecule has 0 unspecified atom stereocenters. The first kappa shape index (κ1) is 17.7. The van der Waals surface area contributed by atoms with Crippen LogP contribution in [0.3, 0.4) is 0 Å². The molecule has 0 spiro atoms. The van der Waals surface area contributed by atoms with Crippen LogP contribution in [0.1, 0.15) is 15.9 Å². The number of nitrogens with one attached hydrogen (secondary N) is 1. The maximum absolute atomic E-state index is 11.1. The van der Waals surface area contributed by atoms with Crippen molar-refractivity contribution >= 4 is 29.2 Å². The number of carboxylic acids is 1. The topological polar surface area (TPSA) is 79.5 Å². The zero-order valence-electron chi connectivity index (χ0n) is 14.7. The van der Waals surface area contributed by atoms with Crippen LogP contribution >= 0.6 is 11.3 Å². The van der Waals surface area contributed by atoms with Crippen molar-refractivity contribution in [2.24, 2.45) is 5.10 Å². The molecule has 0 aliphatic rings. The van der Waals surface area contributed by atoms with Gasteiger partial charge in [-0.2, -0.15) is 10.2 Å². The van der Waals surface area contributed by atoms with Gasteiger partial charge in [0.2, 0.25) is 0 Å². The van der Waals surface area contributed by atoms with Crippen LogP contribution in [0.5, 0.6) is 0 Å². The second-order valence-corrected chi connectivity index (χ2v) is 6.89. The highest BCUT2D eigenvalue weighted by molar-refractivity contribution is 7.13. The molecule has 0 atom stereocenters. The summed E-state index contributed by atoms with van der Waals surface area (Å²) in [6, 6.07) is 20.4. The van der Waals surface area contributed by atoms with Gasteiger partial charge in [-0.1, -0.05) is 30.3 Å². The van der Waals surface area contributed by atoms with E-state index in [-0.39, 0.29) is 5.56 Å². The van der Waals surface area contributed by atoms with E-state index < -0.39 is 5.97 Å². The van der Waals surface area contributed by atoms with E-state index in [9.17, 15) is 4.79 Å². The van der Waals surface area contributed by atoms with Gasteiger partial charge in [0, 0.05) is 11.8 Å². The highest BCUT2D eigenvalue weighted by atomic mass is 32.1.